The largest absolute Gasteiger partial charge is 0.319 e. The van der Waals surface area contributed by atoms with Crippen molar-refractivity contribution in [2.24, 2.45) is 0 Å². The molecule has 0 aliphatic carbocycles. The molecule has 4 aromatic rings. The molecular formula is C22H15Cl3N4O. The van der Waals surface area contributed by atoms with E-state index >= 15 is 0 Å². The van der Waals surface area contributed by atoms with Crippen LogP contribution in [0.5, 0.6) is 0 Å². The topological polar surface area (TPSA) is 59.8 Å². The number of carbonyl (C=O) groups excluding carboxylic acids is 1. The summed E-state index contributed by atoms with van der Waals surface area (Å²) in [6.07, 6.45) is 0. The van der Waals surface area contributed by atoms with E-state index in [1.54, 1.807) is 41.1 Å². The summed E-state index contributed by atoms with van der Waals surface area (Å²) in [5.74, 6) is 0.0709. The fourth-order valence-corrected chi connectivity index (χ4v) is 3.32. The summed E-state index contributed by atoms with van der Waals surface area (Å²) >= 11 is 18.2. The molecule has 0 saturated carbocycles. The molecule has 0 unspecified atom stereocenters. The molecule has 1 aromatic heterocycles. The molecule has 0 fully saturated rings. The molecule has 0 saturated heterocycles. The van der Waals surface area contributed by atoms with Crippen LogP contribution in [0.4, 0.5) is 5.69 Å². The van der Waals surface area contributed by atoms with Gasteiger partial charge in [0.1, 0.15) is 0 Å². The van der Waals surface area contributed by atoms with Crippen LogP contribution in [0.2, 0.25) is 15.1 Å². The Kier molecular flexibility index (Phi) is 5.77. The highest BCUT2D eigenvalue weighted by atomic mass is 35.5. The maximum atomic E-state index is 12.8. The van der Waals surface area contributed by atoms with Gasteiger partial charge in [0.2, 0.25) is 5.82 Å². The Labute approximate surface area is 188 Å². The number of rotatable bonds is 4. The van der Waals surface area contributed by atoms with Crippen molar-refractivity contribution in [3.05, 3.63) is 93.2 Å². The summed E-state index contributed by atoms with van der Waals surface area (Å²) in [7, 11) is 0. The van der Waals surface area contributed by atoms with Crippen LogP contribution >= 0.6 is 34.8 Å². The Balaban J connectivity index is 1.77. The zero-order valence-electron chi connectivity index (χ0n) is 15.7. The number of benzene rings is 3. The summed E-state index contributed by atoms with van der Waals surface area (Å²) in [5.41, 5.74) is 3.06. The molecule has 150 valence electrons. The summed E-state index contributed by atoms with van der Waals surface area (Å²) in [5, 5.41) is 8.64. The minimum Gasteiger partial charge on any atom is -0.319 e. The Bertz CT molecular complexity index is 1240. The van der Waals surface area contributed by atoms with Crippen LogP contribution in [-0.2, 0) is 0 Å². The van der Waals surface area contributed by atoms with Gasteiger partial charge in [-0.1, -0.05) is 46.9 Å². The number of nitrogens with one attached hydrogen (secondary N) is 1. The van der Waals surface area contributed by atoms with E-state index in [2.05, 4.69) is 15.4 Å². The normalized spacial score (nSPS) is 10.8. The monoisotopic (exact) mass is 456 g/mol. The first-order valence-corrected chi connectivity index (χ1v) is 10.1. The van der Waals surface area contributed by atoms with Gasteiger partial charge in [-0.25, -0.2) is 9.67 Å². The third kappa shape index (κ3) is 4.33. The fraction of sp³-hybridized carbons (Fsp3) is 0.0455. The second-order valence-corrected chi connectivity index (χ2v) is 7.85. The van der Waals surface area contributed by atoms with Gasteiger partial charge in [-0.15, -0.1) is 5.10 Å². The van der Waals surface area contributed by atoms with Crippen molar-refractivity contribution in [1.82, 2.24) is 14.8 Å². The van der Waals surface area contributed by atoms with E-state index in [1.807, 2.05) is 37.3 Å². The van der Waals surface area contributed by atoms with E-state index in [0.717, 1.165) is 11.1 Å². The van der Waals surface area contributed by atoms with Crippen LogP contribution in [-0.4, -0.2) is 20.7 Å². The third-order valence-electron chi connectivity index (χ3n) is 4.34. The molecule has 4 rings (SSSR count). The SMILES string of the molecule is Cc1cccc(NC(=O)c2nc(-c3ccc(Cl)cc3)n(-c3ccc(Cl)c(Cl)c3)n2)c1. The predicted molar refractivity (Wildman–Crippen MR) is 121 cm³/mol. The van der Waals surface area contributed by atoms with Crippen molar-refractivity contribution in [3.8, 4) is 17.1 Å². The van der Waals surface area contributed by atoms with Crippen molar-refractivity contribution in [3.63, 3.8) is 0 Å². The number of hydrogen-bond donors (Lipinski definition) is 1. The highest BCUT2D eigenvalue weighted by molar-refractivity contribution is 6.42. The van der Waals surface area contributed by atoms with E-state index in [1.165, 1.54) is 0 Å². The smallest absolute Gasteiger partial charge is 0.295 e. The van der Waals surface area contributed by atoms with Crippen LogP contribution in [0.25, 0.3) is 17.1 Å². The van der Waals surface area contributed by atoms with Crippen LogP contribution in [0, 0.1) is 6.92 Å². The quantitative estimate of drug-likeness (QED) is 0.383. The number of aromatic nitrogens is 3. The number of carbonyl (C=O) groups is 1. The molecule has 1 N–H and O–H groups in total. The summed E-state index contributed by atoms with van der Waals surface area (Å²) in [4.78, 5) is 17.3. The van der Waals surface area contributed by atoms with Gasteiger partial charge in [0.15, 0.2) is 5.82 Å². The zero-order chi connectivity index (χ0) is 21.3. The average Bonchev–Trinajstić information content (AvgIpc) is 3.16. The molecule has 0 aliphatic heterocycles. The van der Waals surface area contributed by atoms with Crippen molar-refractivity contribution in [2.75, 3.05) is 5.32 Å². The number of nitrogens with zero attached hydrogens (tertiary/aromatic N) is 3. The number of halogens is 3. The van der Waals surface area contributed by atoms with Gasteiger partial charge in [-0.3, -0.25) is 4.79 Å². The molecule has 0 spiro atoms. The highest BCUT2D eigenvalue weighted by Gasteiger charge is 2.19. The second kappa shape index (κ2) is 8.48. The lowest BCUT2D eigenvalue weighted by molar-refractivity contribution is 0.101. The van der Waals surface area contributed by atoms with E-state index in [-0.39, 0.29) is 5.82 Å². The average molecular weight is 458 g/mol. The molecule has 0 bridgehead atoms. The summed E-state index contributed by atoms with van der Waals surface area (Å²) in [6, 6.07) is 19.7. The fourth-order valence-electron chi connectivity index (χ4n) is 2.90. The van der Waals surface area contributed by atoms with Gasteiger partial charge >= 0.3 is 0 Å². The lowest BCUT2D eigenvalue weighted by Crippen LogP contribution is -2.14. The number of amides is 1. The minimum absolute atomic E-state index is 0.0209. The summed E-state index contributed by atoms with van der Waals surface area (Å²) in [6.45, 7) is 1.95. The summed E-state index contributed by atoms with van der Waals surface area (Å²) < 4.78 is 1.55. The lowest BCUT2D eigenvalue weighted by Gasteiger charge is -2.07. The van der Waals surface area contributed by atoms with Gasteiger partial charge in [-0.2, -0.15) is 0 Å². The van der Waals surface area contributed by atoms with Crippen molar-refractivity contribution < 1.29 is 4.79 Å². The first-order chi connectivity index (χ1) is 14.4. The second-order valence-electron chi connectivity index (χ2n) is 6.60. The Morgan fingerprint density at radius 3 is 2.40 bits per heavy atom. The highest BCUT2D eigenvalue weighted by Crippen LogP contribution is 2.28. The van der Waals surface area contributed by atoms with Crippen molar-refractivity contribution in [2.45, 2.75) is 6.92 Å². The lowest BCUT2D eigenvalue weighted by atomic mass is 10.2. The number of aryl methyl sites for hydroxylation is 1. The molecule has 3 aromatic carbocycles. The Morgan fingerprint density at radius 2 is 1.70 bits per heavy atom. The third-order valence-corrected chi connectivity index (χ3v) is 5.33. The molecule has 5 nitrogen and oxygen atoms in total. The van der Waals surface area contributed by atoms with E-state index in [9.17, 15) is 4.79 Å². The maximum absolute atomic E-state index is 12.8. The van der Waals surface area contributed by atoms with Crippen molar-refractivity contribution >= 4 is 46.4 Å². The first-order valence-electron chi connectivity index (χ1n) is 8.97. The molecule has 1 heterocycles. The molecule has 8 heteroatoms. The molecule has 0 aliphatic rings. The van der Waals surface area contributed by atoms with Gasteiger partial charge in [0.05, 0.1) is 15.7 Å². The molecule has 0 atom stereocenters. The van der Waals surface area contributed by atoms with Crippen LogP contribution in [0.1, 0.15) is 16.2 Å². The standard InChI is InChI=1S/C22H15Cl3N4O/c1-13-3-2-4-16(11-13)26-22(30)20-27-21(14-5-7-15(23)8-6-14)29(28-20)17-9-10-18(24)19(25)12-17/h2-12H,1H3,(H,26,30). The Morgan fingerprint density at radius 1 is 0.933 bits per heavy atom. The van der Waals surface area contributed by atoms with E-state index in [0.29, 0.717) is 32.3 Å². The first kappa shape index (κ1) is 20.4. The van der Waals surface area contributed by atoms with Crippen LogP contribution < -0.4 is 5.32 Å². The van der Waals surface area contributed by atoms with Gasteiger partial charge in [0.25, 0.3) is 5.91 Å². The molecule has 30 heavy (non-hydrogen) atoms. The van der Waals surface area contributed by atoms with Crippen LogP contribution in [0.3, 0.4) is 0 Å². The Hall–Kier alpha value is -2.86. The van der Waals surface area contributed by atoms with Gasteiger partial charge in [0, 0.05) is 16.3 Å². The zero-order valence-corrected chi connectivity index (χ0v) is 18.0. The number of anilines is 1. The van der Waals surface area contributed by atoms with Crippen LogP contribution in [0.15, 0.2) is 66.7 Å². The predicted octanol–water partition coefficient (Wildman–Crippen LogP) is 6.46. The minimum atomic E-state index is -0.422. The maximum Gasteiger partial charge on any atom is 0.295 e. The van der Waals surface area contributed by atoms with Gasteiger partial charge in [-0.05, 0) is 67.1 Å². The van der Waals surface area contributed by atoms with Crippen molar-refractivity contribution in [1.29, 1.82) is 0 Å². The molecule has 1 amide bonds. The van der Waals surface area contributed by atoms with Gasteiger partial charge < -0.3 is 5.32 Å². The van der Waals surface area contributed by atoms with E-state index < -0.39 is 5.91 Å². The molecular weight excluding hydrogens is 443 g/mol. The molecule has 0 radical (unpaired) electrons. The van der Waals surface area contributed by atoms with E-state index in [4.69, 9.17) is 34.8 Å². The number of hydrogen-bond acceptors (Lipinski definition) is 3.